The highest BCUT2D eigenvalue weighted by Gasteiger charge is 2.18. The normalized spacial score (nSPS) is 10.9. The number of carbonyl (C=O) groups excluding carboxylic acids is 1. The summed E-state index contributed by atoms with van der Waals surface area (Å²) in [7, 11) is 0. The van der Waals surface area contributed by atoms with Gasteiger partial charge in [-0.1, -0.05) is 28.9 Å². The minimum atomic E-state index is 0.114. The molecule has 1 aromatic carbocycles. The maximum Gasteiger partial charge on any atom is 0.168 e. The van der Waals surface area contributed by atoms with Crippen LogP contribution in [0.1, 0.15) is 41.2 Å². The Kier molecular flexibility index (Phi) is 5.38. The number of ketones is 1. The van der Waals surface area contributed by atoms with Gasteiger partial charge >= 0.3 is 0 Å². The van der Waals surface area contributed by atoms with Gasteiger partial charge in [0.05, 0.1) is 22.3 Å². The molecule has 0 aliphatic rings. The molecule has 0 spiro atoms. The van der Waals surface area contributed by atoms with Gasteiger partial charge in [0.25, 0.3) is 0 Å². The van der Waals surface area contributed by atoms with Gasteiger partial charge in [-0.05, 0) is 53.9 Å². The third-order valence-corrected chi connectivity index (χ3v) is 5.31. The largest absolute Gasteiger partial charge is 0.294 e. The molecule has 2 rings (SSSR count). The highest BCUT2D eigenvalue weighted by atomic mass is 79.9. The summed E-state index contributed by atoms with van der Waals surface area (Å²) in [4.78, 5) is 12.5. The van der Waals surface area contributed by atoms with E-state index in [4.69, 9.17) is 0 Å². The molecule has 3 nitrogen and oxygen atoms in total. The van der Waals surface area contributed by atoms with Gasteiger partial charge in [-0.15, -0.1) is 0 Å². The van der Waals surface area contributed by atoms with Crippen LogP contribution in [0, 0.1) is 6.92 Å². The van der Waals surface area contributed by atoms with Crippen LogP contribution < -0.4 is 0 Å². The zero-order valence-electron chi connectivity index (χ0n) is 12.4. The van der Waals surface area contributed by atoms with Crippen molar-refractivity contribution in [2.45, 2.75) is 40.2 Å². The SMILES string of the molecule is CCc1nn(CC)c(CC(=O)c2ccc(Br)c(C)c2)c1Br. The Hall–Kier alpha value is -0.940. The lowest BCUT2D eigenvalue weighted by molar-refractivity contribution is 0.0990. The number of carbonyl (C=O) groups is 1. The molecule has 0 N–H and O–H groups in total. The topological polar surface area (TPSA) is 34.9 Å². The fourth-order valence-corrected chi connectivity index (χ4v) is 3.21. The minimum Gasteiger partial charge on any atom is -0.294 e. The summed E-state index contributed by atoms with van der Waals surface area (Å²) in [5.74, 6) is 0.114. The lowest BCUT2D eigenvalue weighted by atomic mass is 10.0. The molecule has 2 aromatic rings. The van der Waals surface area contributed by atoms with Gasteiger partial charge in [-0.25, -0.2) is 0 Å². The molecule has 1 aromatic heterocycles. The summed E-state index contributed by atoms with van der Waals surface area (Å²) < 4.78 is 3.90. The fourth-order valence-electron chi connectivity index (χ4n) is 2.26. The van der Waals surface area contributed by atoms with Gasteiger partial charge in [0.15, 0.2) is 5.78 Å². The molecule has 0 bridgehead atoms. The summed E-state index contributed by atoms with van der Waals surface area (Å²) in [5.41, 5.74) is 3.77. The van der Waals surface area contributed by atoms with Crippen molar-refractivity contribution in [3.8, 4) is 0 Å². The molecule has 0 fully saturated rings. The van der Waals surface area contributed by atoms with E-state index < -0.39 is 0 Å². The standard InChI is InChI=1S/C16H18Br2N2O/c1-4-13-16(18)14(20(5-2)19-13)9-15(21)11-6-7-12(17)10(3)8-11/h6-8H,4-5,9H2,1-3H3. The first-order chi connectivity index (χ1) is 9.97. The second-order valence-corrected chi connectivity index (χ2v) is 6.59. The molecule has 5 heteroatoms. The predicted octanol–water partition coefficient (Wildman–Crippen LogP) is 4.72. The smallest absolute Gasteiger partial charge is 0.168 e. The highest BCUT2D eigenvalue weighted by Crippen LogP contribution is 2.24. The minimum absolute atomic E-state index is 0.114. The van der Waals surface area contributed by atoms with Crippen LogP contribution >= 0.6 is 31.9 Å². The Bertz CT molecular complexity index is 677. The van der Waals surface area contributed by atoms with Gasteiger partial charge in [0.2, 0.25) is 0 Å². The van der Waals surface area contributed by atoms with E-state index in [9.17, 15) is 4.79 Å². The zero-order chi connectivity index (χ0) is 15.6. The van der Waals surface area contributed by atoms with Crippen molar-refractivity contribution in [2.75, 3.05) is 0 Å². The predicted molar refractivity (Wildman–Crippen MR) is 91.9 cm³/mol. The number of rotatable bonds is 5. The first-order valence-electron chi connectivity index (χ1n) is 7.01. The average molecular weight is 414 g/mol. The molecule has 112 valence electrons. The second kappa shape index (κ2) is 6.88. The lowest BCUT2D eigenvalue weighted by Gasteiger charge is -2.06. The molecule has 0 radical (unpaired) electrons. The van der Waals surface area contributed by atoms with Gasteiger partial charge in [0.1, 0.15) is 0 Å². The lowest BCUT2D eigenvalue weighted by Crippen LogP contribution is -2.10. The van der Waals surface area contributed by atoms with Crippen LogP contribution in [0.5, 0.6) is 0 Å². The van der Waals surface area contributed by atoms with E-state index in [-0.39, 0.29) is 5.78 Å². The number of nitrogens with zero attached hydrogens (tertiary/aromatic N) is 2. The van der Waals surface area contributed by atoms with E-state index in [2.05, 4.69) is 43.9 Å². The van der Waals surface area contributed by atoms with Gasteiger partial charge in [-0.2, -0.15) is 5.10 Å². The monoisotopic (exact) mass is 412 g/mol. The van der Waals surface area contributed by atoms with Crippen LogP contribution in [0.3, 0.4) is 0 Å². The number of aryl methyl sites for hydroxylation is 3. The van der Waals surface area contributed by atoms with Crippen molar-refractivity contribution >= 4 is 37.6 Å². The van der Waals surface area contributed by atoms with Gasteiger partial charge in [0, 0.05) is 16.6 Å². The molecular weight excluding hydrogens is 396 g/mol. The molecule has 0 saturated carbocycles. The Morgan fingerprint density at radius 3 is 2.57 bits per heavy atom. The highest BCUT2D eigenvalue weighted by molar-refractivity contribution is 9.10. The summed E-state index contributed by atoms with van der Waals surface area (Å²) in [6, 6.07) is 5.71. The van der Waals surface area contributed by atoms with Crippen molar-refractivity contribution in [3.63, 3.8) is 0 Å². The molecule has 0 unspecified atom stereocenters. The maximum atomic E-state index is 12.5. The number of halogens is 2. The third kappa shape index (κ3) is 3.46. The van der Waals surface area contributed by atoms with Crippen molar-refractivity contribution in [3.05, 3.63) is 49.7 Å². The van der Waals surface area contributed by atoms with Crippen LogP contribution in [0.25, 0.3) is 0 Å². The van der Waals surface area contributed by atoms with Crippen LogP contribution in [0.2, 0.25) is 0 Å². The molecule has 0 atom stereocenters. The summed E-state index contributed by atoms with van der Waals surface area (Å²) in [6.45, 7) is 6.86. The summed E-state index contributed by atoms with van der Waals surface area (Å²) in [5, 5.41) is 4.54. The van der Waals surface area contributed by atoms with Crippen molar-refractivity contribution in [1.82, 2.24) is 9.78 Å². The summed E-state index contributed by atoms with van der Waals surface area (Å²) >= 11 is 7.05. The molecular formula is C16H18Br2N2O. The van der Waals surface area contributed by atoms with Crippen molar-refractivity contribution < 1.29 is 4.79 Å². The van der Waals surface area contributed by atoms with Crippen LogP contribution in [0.4, 0.5) is 0 Å². The maximum absolute atomic E-state index is 12.5. The number of Topliss-reactive ketones (excluding diaryl/α,β-unsaturated/α-hetero) is 1. The fraction of sp³-hybridized carbons (Fsp3) is 0.375. The van der Waals surface area contributed by atoms with Crippen LogP contribution in [-0.4, -0.2) is 15.6 Å². The molecule has 21 heavy (non-hydrogen) atoms. The zero-order valence-corrected chi connectivity index (χ0v) is 15.6. The molecule has 0 saturated heterocycles. The van der Waals surface area contributed by atoms with E-state index >= 15 is 0 Å². The van der Waals surface area contributed by atoms with Gasteiger partial charge in [-0.3, -0.25) is 9.48 Å². The van der Waals surface area contributed by atoms with E-state index in [0.29, 0.717) is 6.42 Å². The number of benzene rings is 1. The Balaban J connectivity index is 2.31. The average Bonchev–Trinajstić information content (AvgIpc) is 2.78. The van der Waals surface area contributed by atoms with Crippen molar-refractivity contribution in [1.29, 1.82) is 0 Å². The Morgan fingerprint density at radius 2 is 2.00 bits per heavy atom. The number of aromatic nitrogens is 2. The van der Waals surface area contributed by atoms with Crippen molar-refractivity contribution in [2.24, 2.45) is 0 Å². The number of hydrogen-bond acceptors (Lipinski definition) is 2. The first-order valence-corrected chi connectivity index (χ1v) is 8.59. The van der Waals surface area contributed by atoms with Crippen LogP contribution in [0.15, 0.2) is 27.1 Å². The van der Waals surface area contributed by atoms with E-state index in [1.165, 1.54) is 0 Å². The molecule has 0 aliphatic heterocycles. The van der Waals surface area contributed by atoms with E-state index in [0.717, 1.165) is 44.4 Å². The molecule has 1 heterocycles. The Labute approximate surface area is 142 Å². The second-order valence-electron chi connectivity index (χ2n) is 4.94. The summed E-state index contributed by atoms with van der Waals surface area (Å²) in [6.07, 6.45) is 1.22. The first kappa shape index (κ1) is 16.4. The third-order valence-electron chi connectivity index (χ3n) is 3.50. The van der Waals surface area contributed by atoms with Crippen LogP contribution in [-0.2, 0) is 19.4 Å². The number of hydrogen-bond donors (Lipinski definition) is 0. The quantitative estimate of drug-likeness (QED) is 0.664. The molecule has 0 amide bonds. The van der Waals surface area contributed by atoms with E-state index in [1.54, 1.807) is 0 Å². The van der Waals surface area contributed by atoms with Gasteiger partial charge < -0.3 is 0 Å². The Morgan fingerprint density at radius 1 is 1.29 bits per heavy atom. The molecule has 0 aliphatic carbocycles. The van der Waals surface area contributed by atoms with E-state index in [1.807, 2.05) is 36.7 Å².